The van der Waals surface area contributed by atoms with Gasteiger partial charge in [-0.1, -0.05) is 28.4 Å². The average Bonchev–Trinajstić information content (AvgIpc) is 2.79. The maximum Gasteiger partial charge on any atom is 0.102 e. The molecule has 0 spiro atoms. The first-order valence-corrected chi connectivity index (χ1v) is 6.13. The van der Waals surface area contributed by atoms with Crippen molar-refractivity contribution in [3.63, 3.8) is 0 Å². The number of nitrogens with zero attached hydrogens (tertiary/aromatic N) is 3. The molecule has 0 amide bonds. The molecule has 1 aromatic heterocycles. The zero-order chi connectivity index (χ0) is 13.0. The number of benzene rings is 1. The van der Waals surface area contributed by atoms with Gasteiger partial charge in [0.05, 0.1) is 36.6 Å². The van der Waals surface area contributed by atoms with Crippen LogP contribution in [0.3, 0.4) is 0 Å². The van der Waals surface area contributed by atoms with Crippen molar-refractivity contribution in [3.05, 3.63) is 40.1 Å². The lowest BCUT2D eigenvalue weighted by molar-refractivity contribution is 0.268. The van der Waals surface area contributed by atoms with E-state index in [1.165, 1.54) is 0 Å². The SMILES string of the molecule is OCCn1cc(CNc2cc(Cl)ccc2Cl)nn1. The first-order valence-electron chi connectivity index (χ1n) is 5.38. The summed E-state index contributed by atoms with van der Waals surface area (Å²) in [5.74, 6) is 0. The summed E-state index contributed by atoms with van der Waals surface area (Å²) in [4.78, 5) is 0. The predicted octanol–water partition coefficient (Wildman–Crippen LogP) is 2.19. The number of nitrogens with one attached hydrogen (secondary N) is 1. The van der Waals surface area contributed by atoms with Gasteiger partial charge in [0.15, 0.2) is 0 Å². The summed E-state index contributed by atoms with van der Waals surface area (Å²) < 4.78 is 1.58. The van der Waals surface area contributed by atoms with E-state index in [0.29, 0.717) is 23.1 Å². The second kappa shape index (κ2) is 6.04. The van der Waals surface area contributed by atoms with E-state index in [1.807, 2.05) is 0 Å². The zero-order valence-corrected chi connectivity index (χ0v) is 11.0. The Bertz CT molecular complexity index is 530. The van der Waals surface area contributed by atoms with Crippen molar-refractivity contribution in [2.24, 2.45) is 0 Å². The summed E-state index contributed by atoms with van der Waals surface area (Å²) in [7, 11) is 0. The molecule has 0 atom stereocenters. The normalized spacial score (nSPS) is 10.6. The summed E-state index contributed by atoms with van der Waals surface area (Å²) in [6, 6.07) is 5.21. The molecule has 7 heteroatoms. The summed E-state index contributed by atoms with van der Waals surface area (Å²) >= 11 is 11.9. The Morgan fingerprint density at radius 2 is 2.17 bits per heavy atom. The number of halogens is 2. The van der Waals surface area contributed by atoms with Crippen LogP contribution in [0.15, 0.2) is 24.4 Å². The highest BCUT2D eigenvalue weighted by Crippen LogP contribution is 2.25. The highest BCUT2D eigenvalue weighted by molar-refractivity contribution is 6.35. The fourth-order valence-electron chi connectivity index (χ4n) is 1.45. The van der Waals surface area contributed by atoms with Crippen molar-refractivity contribution in [1.29, 1.82) is 0 Å². The molecule has 0 aliphatic rings. The van der Waals surface area contributed by atoms with Gasteiger partial charge in [0.1, 0.15) is 5.69 Å². The summed E-state index contributed by atoms with van der Waals surface area (Å²) in [5, 5.41) is 20.9. The Hall–Kier alpha value is -1.30. The molecule has 0 saturated carbocycles. The Balaban J connectivity index is 1.99. The molecule has 0 bridgehead atoms. The lowest BCUT2D eigenvalue weighted by Crippen LogP contribution is -2.02. The van der Waals surface area contributed by atoms with Crippen LogP contribution >= 0.6 is 23.2 Å². The lowest BCUT2D eigenvalue weighted by Gasteiger charge is -2.06. The van der Waals surface area contributed by atoms with Gasteiger partial charge in [0.25, 0.3) is 0 Å². The minimum absolute atomic E-state index is 0.0380. The zero-order valence-electron chi connectivity index (χ0n) is 9.48. The van der Waals surface area contributed by atoms with Crippen molar-refractivity contribution in [1.82, 2.24) is 15.0 Å². The van der Waals surface area contributed by atoms with Crippen LogP contribution in [0.4, 0.5) is 5.69 Å². The van der Waals surface area contributed by atoms with E-state index in [2.05, 4.69) is 15.6 Å². The van der Waals surface area contributed by atoms with Crippen LogP contribution in [0, 0.1) is 0 Å². The van der Waals surface area contributed by atoms with E-state index in [-0.39, 0.29) is 6.61 Å². The lowest BCUT2D eigenvalue weighted by atomic mass is 10.3. The predicted molar refractivity (Wildman–Crippen MR) is 70.9 cm³/mol. The molecule has 96 valence electrons. The van der Waals surface area contributed by atoms with Gasteiger partial charge in [-0.2, -0.15) is 0 Å². The van der Waals surface area contributed by atoms with E-state index in [4.69, 9.17) is 28.3 Å². The maximum atomic E-state index is 8.77. The minimum Gasteiger partial charge on any atom is -0.394 e. The number of anilines is 1. The van der Waals surface area contributed by atoms with Crippen LogP contribution in [-0.2, 0) is 13.1 Å². The van der Waals surface area contributed by atoms with Crippen molar-refractivity contribution in [2.45, 2.75) is 13.1 Å². The molecule has 2 rings (SSSR count). The van der Waals surface area contributed by atoms with Crippen LogP contribution in [-0.4, -0.2) is 26.7 Å². The van der Waals surface area contributed by atoms with Gasteiger partial charge >= 0.3 is 0 Å². The van der Waals surface area contributed by atoms with Gasteiger partial charge in [-0.05, 0) is 18.2 Å². The van der Waals surface area contributed by atoms with E-state index in [1.54, 1.807) is 29.1 Å². The smallest absolute Gasteiger partial charge is 0.102 e. The van der Waals surface area contributed by atoms with E-state index in [0.717, 1.165) is 11.4 Å². The molecule has 0 unspecified atom stereocenters. The fraction of sp³-hybridized carbons (Fsp3) is 0.273. The molecule has 5 nitrogen and oxygen atoms in total. The molecule has 2 aromatic rings. The largest absolute Gasteiger partial charge is 0.394 e. The van der Waals surface area contributed by atoms with Crippen molar-refractivity contribution < 1.29 is 5.11 Å². The van der Waals surface area contributed by atoms with Gasteiger partial charge in [0, 0.05) is 5.02 Å². The average molecular weight is 287 g/mol. The van der Waals surface area contributed by atoms with Gasteiger partial charge < -0.3 is 10.4 Å². The molecular weight excluding hydrogens is 275 g/mol. The highest BCUT2D eigenvalue weighted by Gasteiger charge is 2.03. The fourth-order valence-corrected chi connectivity index (χ4v) is 1.81. The molecule has 1 heterocycles. The van der Waals surface area contributed by atoms with Gasteiger partial charge in [-0.3, -0.25) is 0 Å². The second-order valence-corrected chi connectivity index (χ2v) is 4.52. The number of aromatic nitrogens is 3. The van der Waals surface area contributed by atoms with Crippen molar-refractivity contribution in [2.75, 3.05) is 11.9 Å². The number of hydrogen-bond donors (Lipinski definition) is 2. The quantitative estimate of drug-likeness (QED) is 0.885. The van der Waals surface area contributed by atoms with Crippen LogP contribution in [0.2, 0.25) is 10.0 Å². The number of hydrogen-bond acceptors (Lipinski definition) is 4. The van der Waals surface area contributed by atoms with Crippen molar-refractivity contribution >= 4 is 28.9 Å². The van der Waals surface area contributed by atoms with E-state index >= 15 is 0 Å². The monoisotopic (exact) mass is 286 g/mol. The molecule has 18 heavy (non-hydrogen) atoms. The highest BCUT2D eigenvalue weighted by atomic mass is 35.5. The molecular formula is C11H12Cl2N4O. The first kappa shape index (κ1) is 13.1. The molecule has 2 N–H and O–H groups in total. The second-order valence-electron chi connectivity index (χ2n) is 3.67. The van der Waals surface area contributed by atoms with Crippen LogP contribution < -0.4 is 5.32 Å². The molecule has 0 radical (unpaired) electrons. The van der Waals surface area contributed by atoms with E-state index < -0.39 is 0 Å². The van der Waals surface area contributed by atoms with Gasteiger partial charge in [-0.15, -0.1) is 5.10 Å². The standard InChI is InChI=1S/C11H12Cl2N4O/c12-8-1-2-10(13)11(5-8)14-6-9-7-17(3-4-18)16-15-9/h1-2,5,7,14,18H,3-4,6H2. The Morgan fingerprint density at radius 1 is 1.33 bits per heavy atom. The third kappa shape index (κ3) is 3.35. The minimum atomic E-state index is 0.0380. The third-order valence-corrected chi connectivity index (χ3v) is 2.87. The Kier molecular flexibility index (Phi) is 4.41. The molecule has 0 aliphatic carbocycles. The third-order valence-electron chi connectivity index (χ3n) is 2.30. The number of aliphatic hydroxyl groups is 1. The Morgan fingerprint density at radius 3 is 2.94 bits per heavy atom. The maximum absolute atomic E-state index is 8.77. The summed E-state index contributed by atoms with van der Waals surface area (Å²) in [6.07, 6.45) is 1.77. The van der Waals surface area contributed by atoms with E-state index in [9.17, 15) is 0 Å². The summed E-state index contributed by atoms with van der Waals surface area (Å²) in [6.45, 7) is 0.965. The first-order chi connectivity index (χ1) is 8.69. The van der Waals surface area contributed by atoms with Crippen LogP contribution in [0.1, 0.15) is 5.69 Å². The Labute approximate surface area is 114 Å². The number of rotatable bonds is 5. The molecule has 1 aromatic carbocycles. The summed E-state index contributed by atoms with van der Waals surface area (Å²) in [5.41, 5.74) is 1.51. The topological polar surface area (TPSA) is 63.0 Å². The van der Waals surface area contributed by atoms with Crippen LogP contribution in [0.25, 0.3) is 0 Å². The number of aliphatic hydroxyl groups excluding tert-OH is 1. The molecule has 0 aliphatic heterocycles. The molecule has 0 fully saturated rings. The van der Waals surface area contributed by atoms with Gasteiger partial charge in [0.2, 0.25) is 0 Å². The van der Waals surface area contributed by atoms with Crippen LogP contribution in [0.5, 0.6) is 0 Å². The molecule has 0 saturated heterocycles. The van der Waals surface area contributed by atoms with Crippen molar-refractivity contribution in [3.8, 4) is 0 Å². The van der Waals surface area contributed by atoms with Gasteiger partial charge in [-0.25, -0.2) is 4.68 Å².